The molecule has 0 rings (SSSR count). The fourth-order valence-electron chi connectivity index (χ4n) is 1.09. The molecule has 28 heavy (non-hydrogen) atoms. The Morgan fingerprint density at radius 1 is 0.464 bits per heavy atom. The summed E-state index contributed by atoms with van der Waals surface area (Å²) in [5.41, 5.74) is 1.50. The van der Waals surface area contributed by atoms with Crippen molar-refractivity contribution in [3.63, 3.8) is 0 Å². The average Bonchev–Trinajstić information content (AvgIpc) is 2.34. The van der Waals surface area contributed by atoms with E-state index >= 15 is 0 Å². The fraction of sp³-hybridized carbons (Fsp3) is 0.750. The maximum Gasteiger partial charge on any atom is 0 e. The van der Waals surface area contributed by atoms with Crippen molar-refractivity contribution >= 4 is 11.6 Å². The Bertz CT molecular complexity index is 503. The van der Waals surface area contributed by atoms with Crippen LogP contribution in [0.4, 0.5) is 0 Å². The van der Waals surface area contributed by atoms with Crippen LogP contribution in [0, 0.1) is 33.8 Å². The van der Waals surface area contributed by atoms with Gasteiger partial charge in [0.1, 0.15) is 0 Å². The molecule has 0 amide bonds. The number of hydrogen-bond donors (Lipinski definition) is 0. The molecular formula is C24H42O2Y2-2. The van der Waals surface area contributed by atoms with Crippen LogP contribution in [0.5, 0.6) is 0 Å². The van der Waals surface area contributed by atoms with Gasteiger partial charge >= 0.3 is 0 Å². The quantitative estimate of drug-likeness (QED) is 0.286. The van der Waals surface area contributed by atoms with Gasteiger partial charge in [0.2, 0.25) is 0 Å². The van der Waals surface area contributed by atoms with Crippen LogP contribution in [0.2, 0.25) is 0 Å². The average molecular weight is 540 g/mol. The summed E-state index contributed by atoms with van der Waals surface area (Å²) in [6.07, 6.45) is 5.88. The van der Waals surface area contributed by atoms with E-state index in [1.165, 1.54) is 0 Å². The first-order valence-electron chi connectivity index (χ1n) is 9.41. The molecule has 0 fully saturated rings. The van der Waals surface area contributed by atoms with Gasteiger partial charge in [0.05, 0.1) is 0 Å². The minimum absolute atomic E-state index is 0. The zero-order valence-corrected chi connectivity index (χ0v) is 26.6. The predicted molar refractivity (Wildman–Crippen MR) is 113 cm³/mol. The molecule has 0 saturated carbocycles. The van der Waals surface area contributed by atoms with Gasteiger partial charge in [-0.3, -0.25) is 0 Å². The molecule has 0 aliphatic carbocycles. The maximum atomic E-state index is 11.6. The van der Waals surface area contributed by atoms with Gasteiger partial charge < -0.3 is 21.7 Å². The summed E-state index contributed by atoms with van der Waals surface area (Å²) in [6, 6.07) is 0. The molecule has 0 aromatic carbocycles. The Morgan fingerprint density at radius 2 is 0.643 bits per heavy atom. The van der Waals surface area contributed by atoms with Gasteiger partial charge in [-0.15, -0.1) is 0 Å². The Morgan fingerprint density at radius 3 is 0.750 bits per heavy atom. The van der Waals surface area contributed by atoms with Gasteiger partial charge in [-0.1, -0.05) is 96.9 Å². The van der Waals surface area contributed by atoms with Crippen LogP contribution in [0.3, 0.4) is 0 Å². The molecule has 0 N–H and O–H groups in total. The van der Waals surface area contributed by atoms with Gasteiger partial charge in [-0.25, -0.2) is 11.1 Å². The zero-order chi connectivity index (χ0) is 21.7. The second-order valence-corrected chi connectivity index (χ2v) is 11.2. The molecule has 2 radical (unpaired) electrons. The summed E-state index contributed by atoms with van der Waals surface area (Å²) in [7, 11) is 0. The molecule has 0 saturated heterocycles. The van der Waals surface area contributed by atoms with Crippen molar-refractivity contribution in [2.45, 2.75) is 96.9 Å². The third kappa shape index (κ3) is 16.8. The van der Waals surface area contributed by atoms with E-state index in [1.54, 1.807) is 0 Å². The van der Waals surface area contributed by atoms with Crippen molar-refractivity contribution < 1.29 is 75.0 Å². The molecule has 0 aromatic heterocycles. The van der Waals surface area contributed by atoms with E-state index in [1.807, 2.05) is 55.4 Å². The van der Waals surface area contributed by atoms with Crippen LogP contribution in [0.1, 0.15) is 96.9 Å². The molecule has 0 aromatic rings. The normalized spacial score (nSPS) is 13.5. The zero-order valence-electron chi connectivity index (χ0n) is 21.0. The molecule has 0 bridgehead atoms. The second-order valence-electron chi connectivity index (χ2n) is 11.2. The van der Waals surface area contributed by atoms with E-state index in [-0.39, 0.29) is 98.6 Å². The molecule has 158 valence electrons. The van der Waals surface area contributed by atoms with Crippen molar-refractivity contribution in [3.8, 4) is 0 Å². The van der Waals surface area contributed by atoms with Crippen LogP contribution in [0.25, 0.3) is 0 Å². The third-order valence-electron chi connectivity index (χ3n) is 4.21. The summed E-state index contributed by atoms with van der Waals surface area (Å²) in [5, 5.41) is 0. The number of hydrogen-bond acceptors (Lipinski definition) is 2. The first kappa shape index (κ1) is 36.4. The van der Waals surface area contributed by atoms with E-state index in [2.05, 4.69) is 53.7 Å². The van der Waals surface area contributed by atoms with Crippen molar-refractivity contribution in [1.82, 2.24) is 0 Å². The Hall–Kier alpha value is 1.03. The molecule has 0 unspecified atom stereocenters. The number of allylic oxidation sites excluding steroid dienone is 4. The van der Waals surface area contributed by atoms with Crippen molar-refractivity contribution in [1.29, 1.82) is 0 Å². The SMILES string of the molecule is CC(=[C-]C(=O)C(C)(C)C)C(C)(C)C.CC(=[C-]C(=O)C(C)(C)C)C(C)(C)C.[Y].[Y]. The van der Waals surface area contributed by atoms with Crippen molar-refractivity contribution in [2.24, 2.45) is 21.7 Å². The van der Waals surface area contributed by atoms with Crippen LogP contribution in [-0.2, 0) is 75.0 Å². The maximum absolute atomic E-state index is 11.6. The van der Waals surface area contributed by atoms with E-state index in [4.69, 9.17) is 0 Å². The standard InChI is InChI=1S/2C12H21O.2Y/c2*1-9(11(2,3)4)8-10(13)12(5,6)7;;/h2*1-7H3;;/q2*-1;;. The smallest absolute Gasteiger partial charge is 0 e. The van der Waals surface area contributed by atoms with Gasteiger partial charge in [0, 0.05) is 65.4 Å². The summed E-state index contributed by atoms with van der Waals surface area (Å²) in [4.78, 5) is 23.2. The van der Waals surface area contributed by atoms with E-state index in [9.17, 15) is 9.59 Å². The largest absolute Gasteiger partial charge is 0.427 e. The first-order chi connectivity index (χ1) is 11.1. The number of carbonyl (C=O) groups is 2. The summed E-state index contributed by atoms with van der Waals surface area (Å²) >= 11 is 0. The van der Waals surface area contributed by atoms with Crippen molar-refractivity contribution in [2.75, 3.05) is 0 Å². The molecule has 2 nitrogen and oxygen atoms in total. The molecule has 0 aliphatic rings. The van der Waals surface area contributed by atoms with Crippen molar-refractivity contribution in [3.05, 3.63) is 23.3 Å². The van der Waals surface area contributed by atoms with Gasteiger partial charge in [-0.05, 0) is 33.2 Å². The molecule has 0 spiro atoms. The first-order valence-corrected chi connectivity index (χ1v) is 9.41. The fourth-order valence-corrected chi connectivity index (χ4v) is 1.09. The van der Waals surface area contributed by atoms with Gasteiger partial charge in [0.15, 0.2) is 0 Å². The summed E-state index contributed by atoms with van der Waals surface area (Å²) < 4.78 is 0. The van der Waals surface area contributed by atoms with Crippen LogP contribution >= 0.6 is 0 Å². The molecule has 4 heteroatoms. The Labute approximate surface area is 226 Å². The molecule has 0 aliphatic heterocycles. The van der Waals surface area contributed by atoms with Crippen LogP contribution < -0.4 is 0 Å². The molecular weight excluding hydrogens is 498 g/mol. The predicted octanol–water partition coefficient (Wildman–Crippen LogP) is 6.79. The number of carbonyl (C=O) groups excluding carboxylic acids is 2. The third-order valence-corrected chi connectivity index (χ3v) is 4.21. The molecule has 0 heterocycles. The van der Waals surface area contributed by atoms with Gasteiger partial charge in [-0.2, -0.15) is 0 Å². The van der Waals surface area contributed by atoms with Gasteiger partial charge in [0.25, 0.3) is 0 Å². The monoisotopic (exact) mass is 540 g/mol. The topological polar surface area (TPSA) is 34.1 Å². The minimum Gasteiger partial charge on any atom is -0.427 e. The molecule has 0 atom stereocenters. The number of ketones is 2. The summed E-state index contributed by atoms with van der Waals surface area (Å²) in [5.74, 6) is 0.167. The van der Waals surface area contributed by atoms with Crippen LogP contribution in [0.15, 0.2) is 11.1 Å². The van der Waals surface area contributed by atoms with E-state index < -0.39 is 0 Å². The Kier molecular flexibility index (Phi) is 17.5. The van der Waals surface area contributed by atoms with E-state index in [0.717, 1.165) is 11.1 Å². The second kappa shape index (κ2) is 13.4. The minimum atomic E-state index is -0.313. The number of Topliss-reactive ketones (excluding diaryl/α,β-unsaturated/α-hetero) is 2. The van der Waals surface area contributed by atoms with Crippen LogP contribution in [-0.4, -0.2) is 11.6 Å². The van der Waals surface area contributed by atoms with E-state index in [0.29, 0.717) is 0 Å². The number of rotatable bonds is 2. The summed E-state index contributed by atoms with van der Waals surface area (Å²) in [6.45, 7) is 27.9. The Balaban J connectivity index is -0.000000192.